The second-order valence-electron chi connectivity index (χ2n) is 11.3. The van der Waals surface area contributed by atoms with Crippen molar-refractivity contribution in [3.63, 3.8) is 0 Å². The number of aromatic nitrogens is 6. The Hall–Kier alpha value is -6.40. The standard InChI is InChI=1S/C40H26N6/c1-3-9-32(10-4-1)45-37-14-8-7-13-36(37)43-39(45)29-17-15-27(16-18-29)30-19-20-35-31(25-30)26-34-38(28-21-23-41-24-22-28)44-46(40(34)42-35)33-11-5-2-6-12-33/h1-26H. The highest BCUT2D eigenvalue weighted by molar-refractivity contribution is 6.00. The molecule has 5 aromatic carbocycles. The zero-order valence-corrected chi connectivity index (χ0v) is 24.7. The molecule has 6 heteroatoms. The van der Waals surface area contributed by atoms with Gasteiger partial charge in [-0.1, -0.05) is 78.9 Å². The first kappa shape index (κ1) is 26.0. The Kier molecular flexibility index (Phi) is 6.03. The quantitative estimate of drug-likeness (QED) is 0.200. The fourth-order valence-electron chi connectivity index (χ4n) is 6.22. The molecule has 4 aromatic heterocycles. The molecule has 0 bridgehead atoms. The fourth-order valence-corrected chi connectivity index (χ4v) is 6.22. The average molecular weight is 591 g/mol. The summed E-state index contributed by atoms with van der Waals surface area (Å²) < 4.78 is 4.16. The highest BCUT2D eigenvalue weighted by atomic mass is 15.3. The third-order valence-electron chi connectivity index (χ3n) is 8.46. The van der Waals surface area contributed by atoms with Crippen LogP contribution in [0.1, 0.15) is 0 Å². The zero-order chi connectivity index (χ0) is 30.5. The van der Waals surface area contributed by atoms with E-state index in [4.69, 9.17) is 15.1 Å². The molecule has 0 aliphatic rings. The number of hydrogen-bond acceptors (Lipinski definition) is 4. The average Bonchev–Trinajstić information content (AvgIpc) is 3.70. The molecule has 0 radical (unpaired) electrons. The molecule has 46 heavy (non-hydrogen) atoms. The SMILES string of the molecule is c1ccc(-n2nc(-c3ccncc3)c3cc4cc(-c5ccc(-c6nc7ccccc7n6-c6ccccc6)cc5)ccc4nc32)cc1. The number of para-hydroxylation sites is 4. The number of benzene rings is 5. The Morgan fingerprint density at radius 2 is 1.15 bits per heavy atom. The molecule has 0 fully saturated rings. The number of nitrogens with zero attached hydrogens (tertiary/aromatic N) is 6. The van der Waals surface area contributed by atoms with E-state index in [1.54, 1.807) is 12.4 Å². The Labute approximate surface area is 264 Å². The molecular weight excluding hydrogens is 564 g/mol. The molecule has 0 amide bonds. The lowest BCUT2D eigenvalue weighted by Gasteiger charge is -2.10. The van der Waals surface area contributed by atoms with E-state index < -0.39 is 0 Å². The summed E-state index contributed by atoms with van der Waals surface area (Å²) in [5.74, 6) is 0.920. The number of imidazole rings is 1. The number of hydrogen-bond donors (Lipinski definition) is 0. The van der Waals surface area contributed by atoms with E-state index in [9.17, 15) is 0 Å². The van der Waals surface area contributed by atoms with Crippen molar-refractivity contribution >= 4 is 33.0 Å². The summed E-state index contributed by atoms with van der Waals surface area (Å²) >= 11 is 0. The normalized spacial score (nSPS) is 11.5. The van der Waals surface area contributed by atoms with Gasteiger partial charge < -0.3 is 0 Å². The molecule has 4 heterocycles. The maximum absolute atomic E-state index is 5.12. The van der Waals surface area contributed by atoms with Crippen molar-refractivity contribution in [3.05, 3.63) is 158 Å². The maximum Gasteiger partial charge on any atom is 0.164 e. The molecule has 6 nitrogen and oxygen atoms in total. The van der Waals surface area contributed by atoms with Crippen LogP contribution >= 0.6 is 0 Å². The Bertz CT molecular complexity index is 2500. The zero-order valence-electron chi connectivity index (χ0n) is 24.7. The Balaban J connectivity index is 1.14. The molecule has 0 saturated heterocycles. The van der Waals surface area contributed by atoms with E-state index >= 15 is 0 Å². The van der Waals surface area contributed by atoms with Crippen LogP contribution in [-0.4, -0.2) is 29.3 Å². The van der Waals surface area contributed by atoms with E-state index in [0.717, 1.165) is 78.1 Å². The summed E-state index contributed by atoms with van der Waals surface area (Å²) in [5, 5.41) is 7.09. The van der Waals surface area contributed by atoms with Gasteiger partial charge in [0.2, 0.25) is 0 Å². The van der Waals surface area contributed by atoms with Gasteiger partial charge in [-0.15, -0.1) is 0 Å². The Morgan fingerprint density at radius 3 is 1.93 bits per heavy atom. The van der Waals surface area contributed by atoms with Crippen molar-refractivity contribution in [1.29, 1.82) is 0 Å². The number of rotatable bonds is 5. The largest absolute Gasteiger partial charge is 0.292 e. The second-order valence-corrected chi connectivity index (χ2v) is 11.3. The lowest BCUT2D eigenvalue weighted by Crippen LogP contribution is -1.97. The van der Waals surface area contributed by atoms with Crippen LogP contribution in [-0.2, 0) is 0 Å². The van der Waals surface area contributed by atoms with Crippen LogP contribution in [0.4, 0.5) is 0 Å². The lowest BCUT2D eigenvalue weighted by atomic mass is 10.0. The third-order valence-corrected chi connectivity index (χ3v) is 8.46. The van der Waals surface area contributed by atoms with Gasteiger partial charge in [0.1, 0.15) is 11.5 Å². The summed E-state index contributed by atoms with van der Waals surface area (Å²) in [6.07, 6.45) is 3.60. The number of fused-ring (bicyclic) bond motifs is 3. The van der Waals surface area contributed by atoms with Crippen molar-refractivity contribution in [2.24, 2.45) is 0 Å². The highest BCUT2D eigenvalue weighted by Gasteiger charge is 2.17. The summed E-state index contributed by atoms with van der Waals surface area (Å²) in [6.45, 7) is 0. The van der Waals surface area contributed by atoms with Crippen molar-refractivity contribution in [3.8, 4) is 45.1 Å². The minimum absolute atomic E-state index is 0.823. The van der Waals surface area contributed by atoms with Crippen molar-refractivity contribution < 1.29 is 0 Å². The molecule has 0 saturated carbocycles. The second kappa shape index (κ2) is 10.6. The van der Waals surface area contributed by atoms with Crippen LogP contribution < -0.4 is 0 Å². The van der Waals surface area contributed by atoms with Crippen LogP contribution in [0.5, 0.6) is 0 Å². The Morgan fingerprint density at radius 1 is 0.478 bits per heavy atom. The van der Waals surface area contributed by atoms with Gasteiger partial charge in [0.15, 0.2) is 5.65 Å². The van der Waals surface area contributed by atoms with Crippen molar-refractivity contribution in [2.45, 2.75) is 0 Å². The molecule has 9 rings (SSSR count). The van der Waals surface area contributed by atoms with E-state index in [0.29, 0.717) is 0 Å². The highest BCUT2D eigenvalue weighted by Crippen LogP contribution is 2.34. The molecule has 0 N–H and O–H groups in total. The van der Waals surface area contributed by atoms with Crippen LogP contribution in [0.25, 0.3) is 78.1 Å². The molecule has 0 spiro atoms. The van der Waals surface area contributed by atoms with Crippen molar-refractivity contribution in [1.82, 2.24) is 29.3 Å². The predicted octanol–water partition coefficient (Wildman–Crippen LogP) is 9.31. The maximum atomic E-state index is 5.12. The van der Waals surface area contributed by atoms with Gasteiger partial charge in [-0.25, -0.2) is 14.6 Å². The topological polar surface area (TPSA) is 61.4 Å². The van der Waals surface area contributed by atoms with Crippen LogP contribution in [0.2, 0.25) is 0 Å². The van der Waals surface area contributed by atoms with E-state index in [1.807, 2.05) is 47.1 Å². The van der Waals surface area contributed by atoms with Crippen LogP contribution in [0.3, 0.4) is 0 Å². The molecule has 0 aliphatic carbocycles. The van der Waals surface area contributed by atoms with E-state index in [1.165, 1.54) is 0 Å². The van der Waals surface area contributed by atoms with Crippen molar-refractivity contribution in [2.75, 3.05) is 0 Å². The minimum atomic E-state index is 0.823. The molecule has 216 valence electrons. The lowest BCUT2D eigenvalue weighted by molar-refractivity contribution is 0.903. The predicted molar refractivity (Wildman–Crippen MR) is 185 cm³/mol. The summed E-state index contributed by atoms with van der Waals surface area (Å²) in [5.41, 5.74) is 11.1. The van der Waals surface area contributed by atoms with Gasteiger partial charge in [0.25, 0.3) is 0 Å². The van der Waals surface area contributed by atoms with E-state index in [-0.39, 0.29) is 0 Å². The first-order chi connectivity index (χ1) is 22.8. The molecule has 9 aromatic rings. The van der Waals surface area contributed by atoms with Gasteiger partial charge in [-0.2, -0.15) is 5.10 Å². The van der Waals surface area contributed by atoms with Gasteiger partial charge in [-0.3, -0.25) is 9.55 Å². The van der Waals surface area contributed by atoms with Gasteiger partial charge in [-0.05, 0) is 77.9 Å². The first-order valence-electron chi connectivity index (χ1n) is 15.2. The third kappa shape index (κ3) is 4.35. The smallest absolute Gasteiger partial charge is 0.164 e. The van der Waals surface area contributed by atoms with Crippen LogP contribution in [0, 0.1) is 0 Å². The van der Waals surface area contributed by atoms with Gasteiger partial charge >= 0.3 is 0 Å². The van der Waals surface area contributed by atoms with Gasteiger partial charge in [0, 0.05) is 40.0 Å². The molecule has 0 aliphatic heterocycles. The first-order valence-corrected chi connectivity index (χ1v) is 15.2. The fraction of sp³-hybridized carbons (Fsp3) is 0. The summed E-state index contributed by atoms with van der Waals surface area (Å²) in [6, 6.07) is 50.1. The molecule has 0 atom stereocenters. The molecule has 0 unspecified atom stereocenters. The molecular formula is C40H26N6. The summed E-state index contributed by atoms with van der Waals surface area (Å²) in [4.78, 5) is 14.4. The summed E-state index contributed by atoms with van der Waals surface area (Å²) in [7, 11) is 0. The van der Waals surface area contributed by atoms with E-state index in [2.05, 4.69) is 113 Å². The number of pyridine rings is 2. The van der Waals surface area contributed by atoms with Gasteiger partial charge in [0.05, 0.1) is 22.2 Å². The monoisotopic (exact) mass is 590 g/mol. The minimum Gasteiger partial charge on any atom is -0.292 e. The van der Waals surface area contributed by atoms with Crippen LogP contribution in [0.15, 0.2) is 158 Å².